The average molecular weight is 245 g/mol. The third kappa shape index (κ3) is 1.63. The Balaban J connectivity index is 2.04. The largest absolute Gasteiger partial charge is 0.380 e. The minimum atomic E-state index is 0.363. The van der Waals surface area contributed by atoms with Crippen molar-refractivity contribution in [3.8, 4) is 11.4 Å². The molecule has 0 unspecified atom stereocenters. The predicted octanol–water partition coefficient (Wildman–Crippen LogP) is 0.297. The van der Waals surface area contributed by atoms with E-state index in [0.29, 0.717) is 12.4 Å². The molecule has 0 spiro atoms. The van der Waals surface area contributed by atoms with Crippen LogP contribution in [0.1, 0.15) is 5.69 Å². The van der Waals surface area contributed by atoms with E-state index in [1.165, 1.54) is 6.26 Å². The van der Waals surface area contributed by atoms with Crippen molar-refractivity contribution in [1.82, 2.24) is 29.9 Å². The molecule has 3 aromatic heterocycles. The highest BCUT2D eigenvalue weighted by Gasteiger charge is 2.16. The zero-order valence-corrected chi connectivity index (χ0v) is 9.69. The minimum absolute atomic E-state index is 0.363. The van der Waals surface area contributed by atoms with Gasteiger partial charge < -0.3 is 10.3 Å². The van der Waals surface area contributed by atoms with Crippen LogP contribution in [-0.2, 0) is 13.6 Å². The molecule has 3 aromatic rings. The molecule has 0 aliphatic rings. The molecule has 3 heterocycles. The van der Waals surface area contributed by atoms with Gasteiger partial charge in [-0.3, -0.25) is 4.68 Å². The predicted molar refractivity (Wildman–Crippen MR) is 62.2 cm³/mol. The molecule has 0 aliphatic heterocycles. The molecule has 8 heteroatoms. The second kappa shape index (κ2) is 3.99. The molecular weight excluding hydrogens is 234 g/mol. The average Bonchev–Trinajstić information content (AvgIpc) is 3.04. The minimum Gasteiger partial charge on any atom is -0.380 e. The van der Waals surface area contributed by atoms with Crippen LogP contribution in [0.2, 0.25) is 0 Å². The Kier molecular flexibility index (Phi) is 2.33. The topological polar surface area (TPSA) is 101 Å². The lowest BCUT2D eigenvalue weighted by Gasteiger charge is -2.05. The van der Waals surface area contributed by atoms with Gasteiger partial charge in [0.05, 0.1) is 12.2 Å². The van der Waals surface area contributed by atoms with Crippen molar-refractivity contribution in [2.75, 3.05) is 5.73 Å². The van der Waals surface area contributed by atoms with Crippen molar-refractivity contribution in [2.24, 2.45) is 7.05 Å². The van der Waals surface area contributed by atoms with Gasteiger partial charge in [-0.1, -0.05) is 10.4 Å². The van der Waals surface area contributed by atoms with Gasteiger partial charge >= 0.3 is 0 Å². The first-order chi connectivity index (χ1) is 8.75. The molecule has 0 atom stereocenters. The number of nitrogens with two attached hydrogens (primary N) is 1. The zero-order valence-electron chi connectivity index (χ0n) is 9.69. The number of aryl methyl sites for hydroxylation is 1. The quantitative estimate of drug-likeness (QED) is 0.712. The van der Waals surface area contributed by atoms with E-state index >= 15 is 0 Å². The molecule has 0 saturated heterocycles. The molecule has 92 valence electrons. The number of hydrogen-bond donors (Lipinski definition) is 1. The summed E-state index contributed by atoms with van der Waals surface area (Å²) in [6.07, 6.45) is 3.21. The monoisotopic (exact) mass is 245 g/mol. The van der Waals surface area contributed by atoms with Crippen molar-refractivity contribution in [2.45, 2.75) is 6.54 Å². The lowest BCUT2D eigenvalue weighted by atomic mass is 10.3. The van der Waals surface area contributed by atoms with Gasteiger partial charge in [0.2, 0.25) is 0 Å². The number of nitrogen functional groups attached to an aromatic ring is 1. The molecule has 0 bridgehead atoms. The molecule has 8 nitrogen and oxygen atoms in total. The van der Waals surface area contributed by atoms with Gasteiger partial charge in [-0.25, -0.2) is 4.68 Å². The van der Waals surface area contributed by atoms with Gasteiger partial charge in [0, 0.05) is 19.3 Å². The van der Waals surface area contributed by atoms with Crippen LogP contribution < -0.4 is 5.73 Å². The Hall–Kier alpha value is -2.64. The summed E-state index contributed by atoms with van der Waals surface area (Å²) in [4.78, 5) is 0. The molecule has 0 fully saturated rings. The first kappa shape index (κ1) is 10.5. The van der Waals surface area contributed by atoms with E-state index in [2.05, 4.69) is 20.6 Å². The first-order valence-electron chi connectivity index (χ1n) is 5.32. The smallest absolute Gasteiger partial charge is 0.175 e. The molecular formula is C10H11N7O. The SMILES string of the molecule is Cn1nccc1-c1c(N)nnn1Cc1ccon1. The van der Waals surface area contributed by atoms with Crippen molar-refractivity contribution in [1.29, 1.82) is 0 Å². The molecule has 3 rings (SSSR count). The second-order valence-corrected chi connectivity index (χ2v) is 3.81. The molecule has 18 heavy (non-hydrogen) atoms. The summed E-state index contributed by atoms with van der Waals surface area (Å²) in [6, 6.07) is 3.62. The summed E-state index contributed by atoms with van der Waals surface area (Å²) < 4.78 is 8.17. The van der Waals surface area contributed by atoms with Gasteiger partial charge in [-0.15, -0.1) is 5.10 Å². The fraction of sp³-hybridized carbons (Fsp3) is 0.200. The van der Waals surface area contributed by atoms with E-state index in [4.69, 9.17) is 10.3 Å². The molecule has 0 aliphatic carbocycles. The van der Waals surface area contributed by atoms with Crippen LogP contribution in [0.4, 0.5) is 5.82 Å². The van der Waals surface area contributed by atoms with Crippen molar-refractivity contribution in [3.63, 3.8) is 0 Å². The van der Waals surface area contributed by atoms with Crippen LogP contribution >= 0.6 is 0 Å². The van der Waals surface area contributed by atoms with Gasteiger partial charge in [0.25, 0.3) is 0 Å². The van der Waals surface area contributed by atoms with E-state index in [-0.39, 0.29) is 0 Å². The van der Waals surface area contributed by atoms with Gasteiger partial charge in [-0.05, 0) is 6.07 Å². The molecule has 0 aromatic carbocycles. The Bertz CT molecular complexity index is 652. The zero-order chi connectivity index (χ0) is 12.5. The number of hydrogen-bond acceptors (Lipinski definition) is 6. The van der Waals surface area contributed by atoms with Crippen LogP contribution in [0, 0.1) is 0 Å². The molecule has 0 saturated carbocycles. The van der Waals surface area contributed by atoms with E-state index in [0.717, 1.165) is 17.1 Å². The number of nitrogens with zero attached hydrogens (tertiary/aromatic N) is 6. The maximum absolute atomic E-state index is 5.85. The lowest BCUT2D eigenvalue weighted by Crippen LogP contribution is -2.07. The van der Waals surface area contributed by atoms with Gasteiger partial charge in [0.1, 0.15) is 17.7 Å². The first-order valence-corrected chi connectivity index (χ1v) is 5.32. The maximum Gasteiger partial charge on any atom is 0.175 e. The van der Waals surface area contributed by atoms with Crippen LogP contribution in [0.5, 0.6) is 0 Å². The van der Waals surface area contributed by atoms with Gasteiger partial charge in [0.15, 0.2) is 5.82 Å². The fourth-order valence-electron chi connectivity index (χ4n) is 1.78. The third-order valence-electron chi connectivity index (χ3n) is 2.63. The van der Waals surface area contributed by atoms with Crippen LogP contribution in [0.25, 0.3) is 11.4 Å². The van der Waals surface area contributed by atoms with Crippen molar-refractivity contribution >= 4 is 5.82 Å². The lowest BCUT2D eigenvalue weighted by molar-refractivity contribution is 0.407. The van der Waals surface area contributed by atoms with Crippen molar-refractivity contribution in [3.05, 3.63) is 30.3 Å². The summed E-state index contributed by atoms with van der Waals surface area (Å²) >= 11 is 0. The number of rotatable bonds is 3. The Morgan fingerprint density at radius 2 is 2.28 bits per heavy atom. The van der Waals surface area contributed by atoms with Gasteiger partial charge in [-0.2, -0.15) is 5.10 Å². The van der Waals surface area contributed by atoms with E-state index in [1.807, 2.05) is 13.1 Å². The Labute approximate surface area is 102 Å². The summed E-state index contributed by atoms with van der Waals surface area (Å²) in [5.41, 5.74) is 8.17. The summed E-state index contributed by atoms with van der Waals surface area (Å²) in [5.74, 6) is 0.363. The Morgan fingerprint density at radius 3 is 2.94 bits per heavy atom. The summed E-state index contributed by atoms with van der Waals surface area (Å²) in [6.45, 7) is 0.446. The highest BCUT2D eigenvalue weighted by molar-refractivity contribution is 5.66. The highest BCUT2D eigenvalue weighted by atomic mass is 16.5. The van der Waals surface area contributed by atoms with E-state index in [1.54, 1.807) is 21.6 Å². The van der Waals surface area contributed by atoms with Crippen LogP contribution in [0.3, 0.4) is 0 Å². The summed E-state index contributed by atoms with van der Waals surface area (Å²) in [5, 5.41) is 15.8. The van der Waals surface area contributed by atoms with Crippen molar-refractivity contribution < 1.29 is 4.52 Å². The number of anilines is 1. The normalized spacial score (nSPS) is 10.9. The third-order valence-corrected chi connectivity index (χ3v) is 2.63. The molecule has 0 amide bonds. The van der Waals surface area contributed by atoms with E-state index < -0.39 is 0 Å². The second-order valence-electron chi connectivity index (χ2n) is 3.81. The summed E-state index contributed by atoms with van der Waals surface area (Å²) in [7, 11) is 1.84. The van der Waals surface area contributed by atoms with Crippen LogP contribution in [-0.4, -0.2) is 29.9 Å². The maximum atomic E-state index is 5.85. The molecule has 2 N–H and O–H groups in total. The van der Waals surface area contributed by atoms with Crippen LogP contribution in [0.15, 0.2) is 29.1 Å². The fourth-order valence-corrected chi connectivity index (χ4v) is 1.78. The van der Waals surface area contributed by atoms with E-state index in [9.17, 15) is 0 Å². The standard InChI is InChI=1S/C10H11N7O/c1-16-8(2-4-12-16)9-10(11)13-15-17(9)6-7-3-5-18-14-7/h2-5H,6,11H2,1H3. The highest BCUT2D eigenvalue weighted by Crippen LogP contribution is 2.23. The molecule has 0 radical (unpaired) electrons. The Morgan fingerprint density at radius 1 is 1.39 bits per heavy atom. The number of aromatic nitrogens is 6.